The maximum Gasteiger partial charge on any atom is 0.138 e. The number of imidazole rings is 1. The van der Waals surface area contributed by atoms with Crippen molar-refractivity contribution in [3.05, 3.63) is 60.4 Å². The summed E-state index contributed by atoms with van der Waals surface area (Å²) in [6.07, 6.45) is 4.77. The van der Waals surface area contributed by atoms with Crippen LogP contribution in [0, 0.1) is 6.92 Å². The van der Waals surface area contributed by atoms with Crippen molar-refractivity contribution in [3.63, 3.8) is 0 Å². The molecule has 21 heavy (non-hydrogen) atoms. The molecule has 0 spiro atoms. The fourth-order valence-corrected chi connectivity index (χ4v) is 2.50. The zero-order valence-corrected chi connectivity index (χ0v) is 12.2. The molecule has 0 fully saturated rings. The lowest BCUT2D eigenvalue weighted by Gasteiger charge is -2.25. The van der Waals surface area contributed by atoms with Crippen LogP contribution in [0.2, 0.25) is 0 Å². The number of benzene rings is 1. The van der Waals surface area contributed by atoms with Crippen molar-refractivity contribution in [2.75, 3.05) is 18.0 Å². The van der Waals surface area contributed by atoms with Crippen molar-refractivity contribution in [1.29, 1.82) is 0 Å². The van der Waals surface area contributed by atoms with E-state index in [0.29, 0.717) is 6.54 Å². The molecule has 0 aliphatic rings. The average Bonchev–Trinajstić information content (AvgIpc) is 2.98. The Kier molecular flexibility index (Phi) is 3.88. The Morgan fingerprint density at radius 3 is 2.71 bits per heavy atom. The molecule has 0 unspecified atom stereocenters. The fourth-order valence-electron chi connectivity index (χ4n) is 2.50. The zero-order valence-electron chi connectivity index (χ0n) is 12.2. The lowest BCUT2D eigenvalue weighted by atomic mass is 10.2. The van der Waals surface area contributed by atoms with Gasteiger partial charge in [-0.3, -0.25) is 4.40 Å². The van der Waals surface area contributed by atoms with Crippen molar-refractivity contribution in [1.82, 2.24) is 9.38 Å². The Balaban J connectivity index is 2.06. The summed E-state index contributed by atoms with van der Waals surface area (Å²) in [6, 6.07) is 14.8. The summed E-state index contributed by atoms with van der Waals surface area (Å²) in [7, 11) is 0. The second-order valence-electron chi connectivity index (χ2n) is 5.17. The highest BCUT2D eigenvalue weighted by molar-refractivity contribution is 5.63. The predicted octanol–water partition coefficient (Wildman–Crippen LogP) is 3.13. The van der Waals surface area contributed by atoms with Gasteiger partial charge in [0.2, 0.25) is 0 Å². The van der Waals surface area contributed by atoms with Gasteiger partial charge < -0.3 is 10.6 Å². The number of rotatable bonds is 5. The zero-order chi connectivity index (χ0) is 14.7. The number of hydrogen-bond acceptors (Lipinski definition) is 3. The Bertz CT molecular complexity index is 715. The van der Waals surface area contributed by atoms with Crippen LogP contribution in [0.25, 0.3) is 5.65 Å². The summed E-state index contributed by atoms with van der Waals surface area (Å²) < 4.78 is 2.11. The standard InChI is InChI=1S/C17H20N4/c1-14-6-8-15(9-7-14)20(12-3-10-18)17-5-2-4-16-19-11-13-21(16)17/h2,4-9,11,13H,3,10,12,18H2,1H3. The molecule has 108 valence electrons. The van der Waals surface area contributed by atoms with Gasteiger partial charge in [-0.15, -0.1) is 0 Å². The number of pyridine rings is 1. The number of nitrogens with zero attached hydrogens (tertiary/aromatic N) is 3. The summed E-state index contributed by atoms with van der Waals surface area (Å²) >= 11 is 0. The van der Waals surface area contributed by atoms with Gasteiger partial charge in [-0.1, -0.05) is 23.8 Å². The number of fused-ring (bicyclic) bond motifs is 1. The minimum absolute atomic E-state index is 0.683. The monoisotopic (exact) mass is 280 g/mol. The Morgan fingerprint density at radius 1 is 1.14 bits per heavy atom. The van der Waals surface area contributed by atoms with Crippen LogP contribution < -0.4 is 10.6 Å². The predicted molar refractivity (Wildman–Crippen MR) is 87.0 cm³/mol. The van der Waals surface area contributed by atoms with E-state index in [-0.39, 0.29) is 0 Å². The minimum Gasteiger partial charge on any atom is -0.330 e. The van der Waals surface area contributed by atoms with E-state index in [4.69, 9.17) is 5.73 Å². The quantitative estimate of drug-likeness (QED) is 0.781. The first-order valence-electron chi connectivity index (χ1n) is 7.26. The van der Waals surface area contributed by atoms with Gasteiger partial charge in [0.1, 0.15) is 11.5 Å². The largest absolute Gasteiger partial charge is 0.330 e. The van der Waals surface area contributed by atoms with E-state index in [2.05, 4.69) is 51.5 Å². The van der Waals surface area contributed by atoms with Crippen LogP contribution in [0.3, 0.4) is 0 Å². The van der Waals surface area contributed by atoms with Crippen molar-refractivity contribution < 1.29 is 0 Å². The third-order valence-electron chi connectivity index (χ3n) is 3.61. The van der Waals surface area contributed by atoms with E-state index < -0.39 is 0 Å². The molecule has 0 saturated heterocycles. The molecule has 3 rings (SSSR count). The van der Waals surface area contributed by atoms with Crippen molar-refractivity contribution in [2.45, 2.75) is 13.3 Å². The maximum atomic E-state index is 5.70. The lowest BCUT2D eigenvalue weighted by Crippen LogP contribution is -2.22. The van der Waals surface area contributed by atoms with Crippen LogP contribution in [0.1, 0.15) is 12.0 Å². The molecule has 1 aromatic carbocycles. The molecule has 0 saturated carbocycles. The van der Waals surface area contributed by atoms with Crippen LogP contribution in [-0.2, 0) is 0 Å². The molecular weight excluding hydrogens is 260 g/mol. The summed E-state index contributed by atoms with van der Waals surface area (Å²) in [6.45, 7) is 3.67. The van der Waals surface area contributed by atoms with E-state index in [1.807, 2.05) is 24.5 Å². The molecule has 2 N–H and O–H groups in total. The molecule has 0 aliphatic carbocycles. The number of aromatic nitrogens is 2. The lowest BCUT2D eigenvalue weighted by molar-refractivity contribution is 0.805. The fraction of sp³-hybridized carbons (Fsp3) is 0.235. The first-order valence-corrected chi connectivity index (χ1v) is 7.26. The molecule has 3 aromatic rings. The van der Waals surface area contributed by atoms with E-state index >= 15 is 0 Å². The maximum absolute atomic E-state index is 5.70. The Labute approximate surface area is 124 Å². The van der Waals surface area contributed by atoms with Crippen LogP contribution >= 0.6 is 0 Å². The van der Waals surface area contributed by atoms with Gasteiger partial charge in [-0.25, -0.2) is 4.98 Å². The number of aryl methyl sites for hydroxylation is 1. The molecule has 0 aliphatic heterocycles. The highest BCUT2D eigenvalue weighted by atomic mass is 15.2. The number of nitrogens with two attached hydrogens (primary N) is 1. The average molecular weight is 280 g/mol. The first kappa shape index (κ1) is 13.6. The normalized spacial score (nSPS) is 11.0. The Hall–Kier alpha value is -2.33. The molecule has 4 heteroatoms. The van der Waals surface area contributed by atoms with Gasteiger partial charge in [0.15, 0.2) is 0 Å². The van der Waals surface area contributed by atoms with Crippen molar-refractivity contribution in [3.8, 4) is 0 Å². The third-order valence-corrected chi connectivity index (χ3v) is 3.61. The summed E-state index contributed by atoms with van der Waals surface area (Å²) in [5, 5.41) is 0. The van der Waals surface area contributed by atoms with E-state index in [9.17, 15) is 0 Å². The highest BCUT2D eigenvalue weighted by Crippen LogP contribution is 2.26. The summed E-state index contributed by atoms with van der Waals surface area (Å²) in [5.41, 5.74) is 9.10. The molecule has 0 radical (unpaired) electrons. The molecule has 2 aromatic heterocycles. The van der Waals surface area contributed by atoms with Crippen molar-refractivity contribution >= 4 is 17.2 Å². The van der Waals surface area contributed by atoms with Gasteiger partial charge in [-0.2, -0.15) is 0 Å². The second kappa shape index (κ2) is 5.97. The van der Waals surface area contributed by atoms with Crippen LogP contribution in [0.4, 0.5) is 11.5 Å². The van der Waals surface area contributed by atoms with Gasteiger partial charge in [0.25, 0.3) is 0 Å². The molecule has 0 atom stereocenters. The van der Waals surface area contributed by atoms with Gasteiger partial charge in [0.05, 0.1) is 0 Å². The Morgan fingerprint density at radius 2 is 1.95 bits per heavy atom. The summed E-state index contributed by atoms with van der Waals surface area (Å²) in [5.74, 6) is 1.11. The van der Waals surface area contributed by atoms with Gasteiger partial charge >= 0.3 is 0 Å². The van der Waals surface area contributed by atoms with Crippen LogP contribution in [0.5, 0.6) is 0 Å². The van der Waals surface area contributed by atoms with Crippen LogP contribution in [-0.4, -0.2) is 22.5 Å². The van der Waals surface area contributed by atoms with E-state index in [1.165, 1.54) is 11.3 Å². The molecule has 0 bridgehead atoms. The van der Waals surface area contributed by atoms with Crippen molar-refractivity contribution in [2.24, 2.45) is 5.73 Å². The minimum atomic E-state index is 0.683. The van der Waals surface area contributed by atoms with E-state index in [1.54, 1.807) is 0 Å². The smallest absolute Gasteiger partial charge is 0.138 e. The highest BCUT2D eigenvalue weighted by Gasteiger charge is 2.12. The SMILES string of the molecule is Cc1ccc(N(CCCN)c2cccc3nccn23)cc1. The number of anilines is 2. The molecular formula is C17H20N4. The summed E-state index contributed by atoms with van der Waals surface area (Å²) in [4.78, 5) is 6.65. The van der Waals surface area contributed by atoms with Crippen LogP contribution in [0.15, 0.2) is 54.9 Å². The van der Waals surface area contributed by atoms with E-state index in [0.717, 1.165) is 24.4 Å². The second-order valence-corrected chi connectivity index (χ2v) is 5.17. The third kappa shape index (κ3) is 2.76. The van der Waals surface area contributed by atoms with Gasteiger partial charge in [-0.05, 0) is 44.2 Å². The molecule has 0 amide bonds. The molecule has 2 heterocycles. The first-order chi connectivity index (χ1) is 10.3. The molecule has 4 nitrogen and oxygen atoms in total. The number of hydrogen-bond donors (Lipinski definition) is 1. The topological polar surface area (TPSA) is 46.6 Å². The van der Waals surface area contributed by atoms with Gasteiger partial charge in [0, 0.05) is 24.6 Å².